The van der Waals surface area contributed by atoms with E-state index in [9.17, 15) is 14.4 Å². The SMILES string of the molecule is CN1CCN(C(=O)N2CCC(CC(=O)O)CC2)CC1=O. The first-order valence-corrected chi connectivity index (χ1v) is 6.97. The van der Waals surface area contributed by atoms with Gasteiger partial charge >= 0.3 is 12.0 Å². The number of piperazine rings is 1. The molecule has 0 atom stereocenters. The van der Waals surface area contributed by atoms with Gasteiger partial charge < -0.3 is 19.8 Å². The third-order valence-corrected chi connectivity index (χ3v) is 4.08. The Bertz CT molecular complexity index is 404. The van der Waals surface area contributed by atoms with Crippen LogP contribution in [-0.2, 0) is 9.59 Å². The van der Waals surface area contributed by atoms with Gasteiger partial charge in [0.05, 0.1) is 0 Å². The highest BCUT2D eigenvalue weighted by Crippen LogP contribution is 2.21. The molecular weight excluding hydrogens is 262 g/mol. The molecule has 2 rings (SSSR count). The molecule has 2 saturated heterocycles. The van der Waals surface area contributed by atoms with Crippen molar-refractivity contribution in [3.63, 3.8) is 0 Å². The third kappa shape index (κ3) is 3.40. The minimum Gasteiger partial charge on any atom is -0.481 e. The fourth-order valence-corrected chi connectivity index (χ4v) is 2.70. The molecule has 2 aliphatic rings. The molecule has 2 aliphatic heterocycles. The Morgan fingerprint density at radius 3 is 2.35 bits per heavy atom. The lowest BCUT2D eigenvalue weighted by molar-refractivity contribution is -0.138. The Morgan fingerprint density at radius 2 is 1.80 bits per heavy atom. The highest BCUT2D eigenvalue weighted by Gasteiger charge is 2.30. The second-order valence-corrected chi connectivity index (χ2v) is 5.55. The maximum absolute atomic E-state index is 12.3. The second-order valence-electron chi connectivity index (χ2n) is 5.55. The zero-order valence-corrected chi connectivity index (χ0v) is 11.7. The number of likely N-dealkylation sites (tertiary alicyclic amines) is 1. The van der Waals surface area contributed by atoms with Gasteiger partial charge in [-0.15, -0.1) is 0 Å². The van der Waals surface area contributed by atoms with Crippen molar-refractivity contribution < 1.29 is 19.5 Å². The quantitative estimate of drug-likeness (QED) is 0.777. The van der Waals surface area contributed by atoms with Crippen molar-refractivity contribution in [2.45, 2.75) is 19.3 Å². The molecule has 0 spiro atoms. The Balaban J connectivity index is 1.83. The van der Waals surface area contributed by atoms with E-state index < -0.39 is 5.97 Å². The zero-order chi connectivity index (χ0) is 14.7. The molecule has 0 aromatic carbocycles. The van der Waals surface area contributed by atoms with E-state index in [-0.39, 0.29) is 30.8 Å². The van der Waals surface area contributed by atoms with E-state index in [0.29, 0.717) is 26.2 Å². The molecule has 0 aromatic rings. The van der Waals surface area contributed by atoms with Crippen LogP contribution in [0.5, 0.6) is 0 Å². The monoisotopic (exact) mass is 283 g/mol. The van der Waals surface area contributed by atoms with Gasteiger partial charge in [0.15, 0.2) is 0 Å². The van der Waals surface area contributed by atoms with Gasteiger partial charge in [-0.25, -0.2) is 4.79 Å². The van der Waals surface area contributed by atoms with E-state index in [1.165, 1.54) is 0 Å². The fraction of sp³-hybridized carbons (Fsp3) is 0.769. The Morgan fingerprint density at radius 1 is 1.15 bits per heavy atom. The minimum atomic E-state index is -0.778. The first kappa shape index (κ1) is 14.6. The predicted molar refractivity (Wildman–Crippen MR) is 71.2 cm³/mol. The van der Waals surface area contributed by atoms with Crippen LogP contribution in [0.4, 0.5) is 4.79 Å². The van der Waals surface area contributed by atoms with Gasteiger partial charge in [-0.3, -0.25) is 9.59 Å². The number of likely N-dealkylation sites (N-methyl/N-ethyl adjacent to an activating group) is 1. The van der Waals surface area contributed by atoms with Crippen LogP contribution in [0.3, 0.4) is 0 Å². The predicted octanol–water partition coefficient (Wildman–Crippen LogP) is 0.0671. The molecule has 2 fully saturated rings. The van der Waals surface area contributed by atoms with Crippen LogP contribution >= 0.6 is 0 Å². The van der Waals surface area contributed by atoms with Gasteiger partial charge in [0.2, 0.25) is 5.91 Å². The van der Waals surface area contributed by atoms with Crippen molar-refractivity contribution >= 4 is 17.9 Å². The number of carbonyl (C=O) groups is 3. The highest BCUT2D eigenvalue weighted by molar-refractivity contribution is 5.85. The average molecular weight is 283 g/mol. The minimum absolute atomic E-state index is 0.0367. The van der Waals surface area contributed by atoms with Crippen molar-refractivity contribution in [3.8, 4) is 0 Å². The lowest BCUT2D eigenvalue weighted by Crippen LogP contribution is -2.55. The molecule has 7 heteroatoms. The van der Waals surface area contributed by atoms with Crippen molar-refractivity contribution in [2.75, 3.05) is 39.8 Å². The summed E-state index contributed by atoms with van der Waals surface area (Å²) < 4.78 is 0. The number of rotatable bonds is 2. The van der Waals surface area contributed by atoms with Crippen molar-refractivity contribution in [1.29, 1.82) is 0 Å². The molecule has 1 N–H and O–H groups in total. The molecule has 0 aliphatic carbocycles. The molecule has 3 amide bonds. The first-order valence-electron chi connectivity index (χ1n) is 6.97. The topological polar surface area (TPSA) is 81.2 Å². The van der Waals surface area contributed by atoms with Crippen LogP contribution in [0.1, 0.15) is 19.3 Å². The molecule has 0 bridgehead atoms. The molecule has 7 nitrogen and oxygen atoms in total. The van der Waals surface area contributed by atoms with E-state index in [1.807, 2.05) is 0 Å². The number of carbonyl (C=O) groups excluding carboxylic acids is 2. The number of amides is 3. The zero-order valence-electron chi connectivity index (χ0n) is 11.7. The van der Waals surface area contributed by atoms with Crippen LogP contribution in [0.25, 0.3) is 0 Å². The van der Waals surface area contributed by atoms with Gasteiger partial charge in [-0.05, 0) is 18.8 Å². The third-order valence-electron chi connectivity index (χ3n) is 4.08. The van der Waals surface area contributed by atoms with E-state index in [0.717, 1.165) is 12.8 Å². The summed E-state index contributed by atoms with van der Waals surface area (Å²) in [6.45, 7) is 2.44. The molecule has 0 unspecified atom stereocenters. The van der Waals surface area contributed by atoms with Crippen LogP contribution in [-0.4, -0.2) is 77.5 Å². The molecule has 0 saturated carbocycles. The second kappa shape index (κ2) is 6.11. The summed E-state index contributed by atoms with van der Waals surface area (Å²) in [6.07, 6.45) is 1.62. The fourth-order valence-electron chi connectivity index (χ4n) is 2.70. The summed E-state index contributed by atoms with van der Waals surface area (Å²) in [7, 11) is 1.74. The largest absolute Gasteiger partial charge is 0.481 e. The van der Waals surface area contributed by atoms with E-state index in [1.54, 1.807) is 21.7 Å². The lowest BCUT2D eigenvalue weighted by atomic mass is 9.94. The van der Waals surface area contributed by atoms with Crippen molar-refractivity contribution in [2.24, 2.45) is 5.92 Å². The molecule has 112 valence electrons. The van der Waals surface area contributed by atoms with Crippen molar-refractivity contribution in [1.82, 2.24) is 14.7 Å². The maximum atomic E-state index is 12.3. The van der Waals surface area contributed by atoms with Gasteiger partial charge in [0.25, 0.3) is 0 Å². The molecule has 20 heavy (non-hydrogen) atoms. The van der Waals surface area contributed by atoms with Crippen LogP contribution in [0.15, 0.2) is 0 Å². The summed E-state index contributed by atoms with van der Waals surface area (Å²) in [6, 6.07) is -0.0970. The van der Waals surface area contributed by atoms with Gasteiger partial charge in [-0.1, -0.05) is 0 Å². The first-order chi connectivity index (χ1) is 9.47. The summed E-state index contributed by atoms with van der Waals surface area (Å²) in [5, 5.41) is 8.77. The summed E-state index contributed by atoms with van der Waals surface area (Å²) in [5.74, 6) is -0.657. The number of piperidine rings is 1. The van der Waals surface area contributed by atoms with Crippen molar-refractivity contribution in [3.05, 3.63) is 0 Å². The van der Waals surface area contributed by atoms with Crippen LogP contribution in [0, 0.1) is 5.92 Å². The number of hydrogen-bond acceptors (Lipinski definition) is 3. The van der Waals surface area contributed by atoms with Gasteiger partial charge in [-0.2, -0.15) is 0 Å². The Hall–Kier alpha value is -1.79. The standard InChI is InChI=1S/C13H21N3O4/c1-14-6-7-16(9-11(14)17)13(20)15-4-2-10(3-5-15)8-12(18)19/h10H,2-9H2,1H3,(H,18,19). The number of urea groups is 1. The highest BCUT2D eigenvalue weighted by atomic mass is 16.4. The lowest BCUT2D eigenvalue weighted by Gasteiger charge is -2.38. The Kier molecular flexibility index (Phi) is 4.46. The number of hydrogen-bond donors (Lipinski definition) is 1. The normalized spacial score (nSPS) is 21.2. The molecule has 0 aromatic heterocycles. The Labute approximate surface area is 118 Å². The summed E-state index contributed by atoms with van der Waals surface area (Å²) >= 11 is 0. The number of nitrogens with zero attached hydrogens (tertiary/aromatic N) is 3. The molecule has 0 radical (unpaired) electrons. The smallest absolute Gasteiger partial charge is 0.320 e. The molecule has 2 heterocycles. The number of carboxylic acid groups (broad SMARTS) is 1. The van der Waals surface area contributed by atoms with E-state index >= 15 is 0 Å². The number of carboxylic acids is 1. The maximum Gasteiger partial charge on any atom is 0.320 e. The summed E-state index contributed by atoms with van der Waals surface area (Å²) in [5.41, 5.74) is 0. The van der Waals surface area contributed by atoms with Gasteiger partial charge in [0, 0.05) is 39.6 Å². The van der Waals surface area contributed by atoms with E-state index in [2.05, 4.69) is 0 Å². The van der Waals surface area contributed by atoms with Gasteiger partial charge in [0.1, 0.15) is 6.54 Å². The van der Waals surface area contributed by atoms with E-state index in [4.69, 9.17) is 5.11 Å². The number of aliphatic carboxylic acids is 1. The average Bonchev–Trinajstić information content (AvgIpc) is 2.41. The van der Waals surface area contributed by atoms with Crippen LogP contribution in [0.2, 0.25) is 0 Å². The molecular formula is C13H21N3O4. The summed E-state index contributed by atoms with van der Waals surface area (Å²) in [4.78, 5) is 39.5. The van der Waals surface area contributed by atoms with Crippen LogP contribution < -0.4 is 0 Å².